The van der Waals surface area contributed by atoms with Gasteiger partial charge in [0.1, 0.15) is 0 Å². The molecule has 3 aromatic rings. The van der Waals surface area contributed by atoms with E-state index in [2.05, 4.69) is 20.8 Å². The summed E-state index contributed by atoms with van der Waals surface area (Å²) >= 11 is 1.51. The molecule has 0 aliphatic carbocycles. The molecule has 0 bridgehead atoms. The van der Waals surface area contributed by atoms with Gasteiger partial charge >= 0.3 is 0 Å². The van der Waals surface area contributed by atoms with E-state index in [0.717, 1.165) is 16.4 Å². The van der Waals surface area contributed by atoms with E-state index in [9.17, 15) is 4.79 Å². The van der Waals surface area contributed by atoms with Crippen LogP contribution in [0.2, 0.25) is 0 Å². The molecule has 0 saturated heterocycles. The predicted molar refractivity (Wildman–Crippen MR) is 99.1 cm³/mol. The first-order valence-electron chi connectivity index (χ1n) is 8.03. The molecule has 1 aromatic heterocycles. The van der Waals surface area contributed by atoms with E-state index in [1.54, 1.807) is 4.68 Å². The van der Waals surface area contributed by atoms with Crippen molar-refractivity contribution in [3.63, 3.8) is 0 Å². The molecular formula is C18H19N5OS. The zero-order valence-electron chi connectivity index (χ0n) is 14.1. The Morgan fingerprint density at radius 1 is 1.16 bits per heavy atom. The lowest BCUT2D eigenvalue weighted by Crippen LogP contribution is -2.16. The number of aryl methyl sites for hydroxylation is 2. The third kappa shape index (κ3) is 4.24. The number of tetrazole rings is 1. The van der Waals surface area contributed by atoms with Gasteiger partial charge in [-0.05, 0) is 41.6 Å². The highest BCUT2D eigenvalue weighted by molar-refractivity contribution is 8.00. The predicted octanol–water partition coefficient (Wildman–Crippen LogP) is 3.26. The van der Waals surface area contributed by atoms with Gasteiger partial charge in [0.15, 0.2) is 5.82 Å². The maximum Gasteiger partial charge on any atom is 0.234 e. The van der Waals surface area contributed by atoms with Crippen LogP contribution in [0.15, 0.2) is 53.4 Å². The average Bonchev–Trinajstić information content (AvgIpc) is 3.10. The Morgan fingerprint density at radius 3 is 2.68 bits per heavy atom. The normalized spacial score (nSPS) is 10.6. The quantitative estimate of drug-likeness (QED) is 0.689. The number of aromatic nitrogens is 4. The van der Waals surface area contributed by atoms with Crippen LogP contribution in [0.5, 0.6) is 0 Å². The molecule has 1 heterocycles. The van der Waals surface area contributed by atoms with Gasteiger partial charge in [0.25, 0.3) is 0 Å². The summed E-state index contributed by atoms with van der Waals surface area (Å²) in [5, 5.41) is 14.7. The molecule has 3 rings (SSSR count). The Morgan fingerprint density at radius 2 is 1.92 bits per heavy atom. The average molecular weight is 353 g/mol. The minimum atomic E-state index is -0.0656. The van der Waals surface area contributed by atoms with Crippen LogP contribution in [0.3, 0.4) is 0 Å². The molecule has 0 atom stereocenters. The second-order valence-corrected chi connectivity index (χ2v) is 6.58. The Kier molecular flexibility index (Phi) is 5.45. The second-order valence-electron chi connectivity index (χ2n) is 5.53. The van der Waals surface area contributed by atoms with E-state index in [1.807, 2.05) is 62.4 Å². The van der Waals surface area contributed by atoms with Crippen LogP contribution in [0, 0.1) is 6.92 Å². The van der Waals surface area contributed by atoms with Crippen molar-refractivity contribution in [3.8, 4) is 5.69 Å². The number of nitrogens with zero attached hydrogens (tertiary/aromatic N) is 4. The summed E-state index contributed by atoms with van der Waals surface area (Å²) in [5.74, 6) is 1.02. The van der Waals surface area contributed by atoms with Gasteiger partial charge in [0, 0.05) is 11.3 Å². The molecule has 1 amide bonds. The van der Waals surface area contributed by atoms with Crippen LogP contribution in [0.1, 0.15) is 18.3 Å². The topological polar surface area (TPSA) is 72.7 Å². The monoisotopic (exact) mass is 353 g/mol. The fourth-order valence-electron chi connectivity index (χ4n) is 2.35. The molecule has 7 heteroatoms. The minimum Gasteiger partial charge on any atom is -0.323 e. The zero-order valence-corrected chi connectivity index (χ0v) is 15.0. The second kappa shape index (κ2) is 7.94. The highest BCUT2D eigenvalue weighted by atomic mass is 32.2. The number of nitrogens with one attached hydrogen (secondary N) is 1. The van der Waals surface area contributed by atoms with Crippen LogP contribution in [-0.4, -0.2) is 31.9 Å². The van der Waals surface area contributed by atoms with E-state index < -0.39 is 0 Å². The van der Waals surface area contributed by atoms with Gasteiger partial charge in [-0.15, -0.1) is 16.9 Å². The SMILES string of the molecule is CCc1nnnn1-c1ccccc1NC(=O)CSc1ccc(C)cc1. The van der Waals surface area contributed by atoms with Crippen molar-refractivity contribution >= 4 is 23.4 Å². The lowest BCUT2D eigenvalue weighted by molar-refractivity contribution is -0.113. The largest absolute Gasteiger partial charge is 0.323 e. The van der Waals surface area contributed by atoms with Crippen molar-refractivity contribution in [2.24, 2.45) is 0 Å². The summed E-state index contributed by atoms with van der Waals surface area (Å²) < 4.78 is 1.66. The highest BCUT2D eigenvalue weighted by Crippen LogP contribution is 2.22. The van der Waals surface area contributed by atoms with E-state index in [1.165, 1.54) is 17.3 Å². The maximum absolute atomic E-state index is 12.3. The summed E-state index contributed by atoms with van der Waals surface area (Å²) in [6.45, 7) is 4.03. The van der Waals surface area contributed by atoms with Crippen LogP contribution < -0.4 is 5.32 Å². The lowest BCUT2D eigenvalue weighted by Gasteiger charge is -2.11. The molecule has 0 radical (unpaired) electrons. The van der Waals surface area contributed by atoms with Gasteiger partial charge in [-0.1, -0.05) is 36.8 Å². The van der Waals surface area contributed by atoms with Crippen molar-refractivity contribution < 1.29 is 4.79 Å². The number of amides is 1. The van der Waals surface area contributed by atoms with Crippen LogP contribution in [0.4, 0.5) is 5.69 Å². The Balaban J connectivity index is 1.70. The maximum atomic E-state index is 12.3. The van der Waals surface area contributed by atoms with E-state index in [-0.39, 0.29) is 5.91 Å². The fraction of sp³-hybridized carbons (Fsp3) is 0.222. The van der Waals surface area contributed by atoms with Crippen molar-refractivity contribution in [2.45, 2.75) is 25.2 Å². The summed E-state index contributed by atoms with van der Waals surface area (Å²) in [6, 6.07) is 15.6. The molecule has 6 nitrogen and oxygen atoms in total. The molecule has 25 heavy (non-hydrogen) atoms. The van der Waals surface area contributed by atoms with Crippen LogP contribution >= 0.6 is 11.8 Å². The number of rotatable bonds is 6. The molecular weight excluding hydrogens is 334 g/mol. The van der Waals surface area contributed by atoms with E-state index in [4.69, 9.17) is 0 Å². The van der Waals surface area contributed by atoms with Crippen LogP contribution in [-0.2, 0) is 11.2 Å². The van der Waals surface area contributed by atoms with Crippen LogP contribution in [0.25, 0.3) is 5.69 Å². The van der Waals surface area contributed by atoms with Gasteiger partial charge in [-0.2, -0.15) is 4.68 Å². The summed E-state index contributed by atoms with van der Waals surface area (Å²) in [4.78, 5) is 13.4. The Labute approximate surface area is 150 Å². The first-order chi connectivity index (χ1) is 12.2. The molecule has 0 saturated carbocycles. The van der Waals surface area contributed by atoms with Gasteiger partial charge in [-0.3, -0.25) is 4.79 Å². The smallest absolute Gasteiger partial charge is 0.234 e. The third-order valence-electron chi connectivity index (χ3n) is 3.65. The number of carbonyl (C=O) groups is 1. The minimum absolute atomic E-state index is 0.0656. The zero-order chi connectivity index (χ0) is 17.6. The number of carbonyl (C=O) groups excluding carboxylic acids is 1. The number of hydrogen-bond donors (Lipinski definition) is 1. The molecule has 0 aliphatic heterocycles. The molecule has 0 unspecified atom stereocenters. The number of para-hydroxylation sites is 2. The summed E-state index contributed by atoms with van der Waals surface area (Å²) in [6.07, 6.45) is 0.707. The standard InChI is InChI=1S/C18H19N5OS/c1-3-17-20-21-22-23(17)16-7-5-4-6-15(16)19-18(24)12-25-14-10-8-13(2)9-11-14/h4-11H,3,12H2,1-2H3,(H,19,24). The number of hydrogen-bond acceptors (Lipinski definition) is 5. The molecule has 128 valence electrons. The third-order valence-corrected chi connectivity index (χ3v) is 4.66. The number of thioether (sulfide) groups is 1. The number of anilines is 1. The first-order valence-corrected chi connectivity index (χ1v) is 9.02. The fourth-order valence-corrected chi connectivity index (χ4v) is 3.05. The van der Waals surface area contributed by atoms with Crippen molar-refractivity contribution in [1.29, 1.82) is 0 Å². The molecule has 1 N–H and O–H groups in total. The highest BCUT2D eigenvalue weighted by Gasteiger charge is 2.12. The first kappa shape index (κ1) is 17.2. The summed E-state index contributed by atoms with van der Waals surface area (Å²) in [5.41, 5.74) is 2.66. The Hall–Kier alpha value is -2.67. The molecule has 2 aromatic carbocycles. The molecule has 0 fully saturated rings. The molecule has 0 aliphatic rings. The van der Waals surface area contributed by atoms with Gasteiger partial charge in [-0.25, -0.2) is 0 Å². The number of benzene rings is 2. The van der Waals surface area contributed by atoms with E-state index in [0.29, 0.717) is 17.9 Å². The van der Waals surface area contributed by atoms with Crippen molar-refractivity contribution in [3.05, 3.63) is 59.9 Å². The van der Waals surface area contributed by atoms with Crippen molar-refractivity contribution in [2.75, 3.05) is 11.1 Å². The molecule has 0 spiro atoms. The Bertz CT molecular complexity index is 860. The van der Waals surface area contributed by atoms with Gasteiger partial charge < -0.3 is 5.32 Å². The van der Waals surface area contributed by atoms with Gasteiger partial charge in [0.05, 0.1) is 17.1 Å². The van der Waals surface area contributed by atoms with E-state index >= 15 is 0 Å². The lowest BCUT2D eigenvalue weighted by atomic mass is 10.2. The van der Waals surface area contributed by atoms with Gasteiger partial charge in [0.2, 0.25) is 5.91 Å². The summed E-state index contributed by atoms with van der Waals surface area (Å²) in [7, 11) is 0. The van der Waals surface area contributed by atoms with Crippen molar-refractivity contribution in [1.82, 2.24) is 20.2 Å².